The molecule has 2 heterocycles. The van der Waals surface area contributed by atoms with E-state index in [1.54, 1.807) is 36.7 Å². The maximum Gasteiger partial charge on any atom is 0.340 e. The van der Waals surface area contributed by atoms with Gasteiger partial charge in [-0.15, -0.1) is 0 Å². The summed E-state index contributed by atoms with van der Waals surface area (Å²) in [6.45, 7) is 1.75. The number of nitrogens with zero attached hydrogens (tertiary/aromatic N) is 1. The third kappa shape index (κ3) is 5.89. The predicted octanol–water partition coefficient (Wildman–Crippen LogP) is 3.58. The van der Waals surface area contributed by atoms with Gasteiger partial charge in [0.15, 0.2) is 5.82 Å². The van der Waals surface area contributed by atoms with Crippen molar-refractivity contribution in [3.05, 3.63) is 80.9 Å². The van der Waals surface area contributed by atoms with E-state index in [2.05, 4.69) is 14.4 Å². The second-order valence-corrected chi connectivity index (χ2v) is 9.29. The van der Waals surface area contributed by atoms with Crippen LogP contribution in [0.15, 0.2) is 57.2 Å². The number of hydrogen-bond acceptors (Lipinski definition) is 7. The Kier molecular flexibility index (Phi) is 8.45. The van der Waals surface area contributed by atoms with Crippen LogP contribution < -0.4 is 19.8 Å². The fraction of sp³-hybridized carbons (Fsp3) is 0.143. The molecule has 0 unspecified atom stereocenters. The van der Waals surface area contributed by atoms with Crippen LogP contribution in [0.25, 0.3) is 11.0 Å². The van der Waals surface area contributed by atoms with Gasteiger partial charge in [-0.25, -0.2) is 18.9 Å². The van der Waals surface area contributed by atoms with Crippen LogP contribution in [0, 0.1) is 12.7 Å². The number of nitrogens with one attached hydrogen (secondary N) is 2. The van der Waals surface area contributed by atoms with Crippen molar-refractivity contribution in [2.24, 2.45) is 0 Å². The first-order valence-corrected chi connectivity index (χ1v) is 11.8. The summed E-state index contributed by atoms with van der Waals surface area (Å²) < 4.78 is 53.6. The Morgan fingerprint density at radius 2 is 2.03 bits per heavy atom. The Bertz CT molecular complexity index is 1460. The summed E-state index contributed by atoms with van der Waals surface area (Å²) in [5.74, 6) is -0.296. The van der Waals surface area contributed by atoms with Gasteiger partial charge in [-0.2, -0.15) is 8.42 Å². The molecule has 167 valence electrons. The van der Waals surface area contributed by atoms with E-state index in [9.17, 15) is 17.6 Å². The Morgan fingerprint density at radius 1 is 1.24 bits per heavy atom. The largest absolute Gasteiger partial charge is 0.431 e. The van der Waals surface area contributed by atoms with Crippen molar-refractivity contribution in [1.29, 1.82) is 0 Å². The van der Waals surface area contributed by atoms with Crippen LogP contribution in [0.3, 0.4) is 0 Å². The van der Waals surface area contributed by atoms with E-state index in [-0.39, 0.29) is 74.6 Å². The van der Waals surface area contributed by atoms with Gasteiger partial charge in [0, 0.05) is 93.4 Å². The zero-order valence-corrected chi connectivity index (χ0v) is 22.8. The molecule has 0 atom stereocenters. The van der Waals surface area contributed by atoms with Crippen LogP contribution in [-0.4, -0.2) is 71.8 Å². The molecule has 0 spiro atoms. The van der Waals surface area contributed by atoms with Crippen molar-refractivity contribution in [2.45, 2.75) is 13.3 Å². The van der Waals surface area contributed by atoms with E-state index in [4.69, 9.17) is 9.15 Å². The van der Waals surface area contributed by atoms with Gasteiger partial charge in [-0.3, -0.25) is 4.72 Å². The number of fused-ring (bicyclic) bond motifs is 1. The summed E-state index contributed by atoms with van der Waals surface area (Å²) in [7, 11) is -2.68. The average Bonchev–Trinajstić information content (AvgIpc) is 3.26. The second kappa shape index (κ2) is 10.7. The molecule has 4 aromatic rings. The summed E-state index contributed by atoms with van der Waals surface area (Å²) in [4.78, 5) is 16.7. The molecule has 0 aliphatic rings. The molecule has 2 N–H and O–H groups in total. The number of benzene rings is 2. The number of anilines is 1. The molecule has 0 fully saturated rings. The van der Waals surface area contributed by atoms with E-state index >= 15 is 0 Å². The number of thiazole rings is 1. The zero-order valence-electron chi connectivity index (χ0n) is 18.0. The van der Waals surface area contributed by atoms with Crippen molar-refractivity contribution >= 4 is 89.6 Å². The minimum absolute atomic E-state index is 0. The SMILES string of the molecule is CNS(=O)(=O)Nc1cccc(Cc2c(C)c3ccc(Oc4nccs4)cc3oc2=O)c1F.[K]. The van der Waals surface area contributed by atoms with Crippen molar-refractivity contribution in [2.75, 3.05) is 11.8 Å². The molecule has 0 bridgehead atoms. The maximum atomic E-state index is 14.9. The summed E-state index contributed by atoms with van der Waals surface area (Å²) in [6, 6.07) is 9.38. The average molecular weight is 515 g/mol. The van der Waals surface area contributed by atoms with Gasteiger partial charge in [-0.05, 0) is 36.2 Å². The molecule has 0 saturated carbocycles. The predicted molar refractivity (Wildman–Crippen MR) is 126 cm³/mol. The van der Waals surface area contributed by atoms with E-state index in [0.29, 0.717) is 27.5 Å². The molecule has 0 amide bonds. The van der Waals surface area contributed by atoms with Crippen molar-refractivity contribution < 1.29 is 22.0 Å². The first kappa shape index (κ1) is 26.0. The fourth-order valence-electron chi connectivity index (χ4n) is 3.19. The van der Waals surface area contributed by atoms with Crippen LogP contribution in [0.2, 0.25) is 0 Å². The summed E-state index contributed by atoms with van der Waals surface area (Å²) in [5, 5.41) is 2.92. The van der Waals surface area contributed by atoms with Gasteiger partial charge in [0.25, 0.3) is 15.4 Å². The van der Waals surface area contributed by atoms with Gasteiger partial charge in [0.2, 0.25) is 0 Å². The standard InChI is InChI=1S/C21H18FN3O5S2.K/c1-12-15-7-6-14(29-21-24-8-9-31-21)11-18(15)30-20(26)16(12)10-13-4-3-5-17(19(13)22)25-32(27,28)23-2;/h3-9,11,23,25H,10H2,1-2H3;. The van der Waals surface area contributed by atoms with Crippen LogP contribution in [-0.2, 0) is 16.6 Å². The molecule has 1 radical (unpaired) electrons. The number of aromatic nitrogens is 1. The van der Waals surface area contributed by atoms with Crippen LogP contribution in [0.5, 0.6) is 10.9 Å². The fourth-order valence-corrected chi connectivity index (χ4v) is 4.24. The normalized spacial score (nSPS) is 11.2. The third-order valence-corrected chi connectivity index (χ3v) is 6.51. The van der Waals surface area contributed by atoms with Gasteiger partial charge in [-0.1, -0.05) is 23.5 Å². The van der Waals surface area contributed by atoms with Gasteiger partial charge in [0.05, 0.1) is 5.69 Å². The van der Waals surface area contributed by atoms with E-state index in [1.165, 1.54) is 36.6 Å². The maximum absolute atomic E-state index is 14.9. The monoisotopic (exact) mass is 514 g/mol. The molecule has 0 saturated heterocycles. The minimum Gasteiger partial charge on any atom is -0.431 e. The Morgan fingerprint density at radius 3 is 2.73 bits per heavy atom. The Balaban J connectivity index is 0.00000306. The molecule has 0 aliphatic heterocycles. The Labute approximate surface area is 235 Å². The number of rotatable bonds is 7. The van der Waals surface area contributed by atoms with Crippen molar-refractivity contribution in [3.63, 3.8) is 0 Å². The van der Waals surface area contributed by atoms with Crippen molar-refractivity contribution in [1.82, 2.24) is 9.71 Å². The van der Waals surface area contributed by atoms with Crippen LogP contribution in [0.1, 0.15) is 16.7 Å². The molecular formula is C21H18FKN3O5S2. The first-order chi connectivity index (χ1) is 15.3. The van der Waals surface area contributed by atoms with Crippen LogP contribution in [0.4, 0.5) is 10.1 Å². The summed E-state index contributed by atoms with van der Waals surface area (Å²) >= 11 is 1.33. The topological polar surface area (TPSA) is 111 Å². The minimum atomic E-state index is -3.89. The van der Waals surface area contributed by atoms with Crippen LogP contribution >= 0.6 is 11.3 Å². The molecule has 33 heavy (non-hydrogen) atoms. The second-order valence-electron chi connectivity index (χ2n) is 6.82. The van der Waals surface area contributed by atoms with Crippen molar-refractivity contribution in [3.8, 4) is 10.9 Å². The molecule has 0 aliphatic carbocycles. The molecule has 12 heteroatoms. The number of ether oxygens (including phenoxy) is 1. The molecular weight excluding hydrogens is 496 g/mol. The van der Waals surface area contributed by atoms with E-state index in [1.807, 2.05) is 0 Å². The first-order valence-electron chi connectivity index (χ1n) is 9.40. The molecule has 2 aromatic carbocycles. The van der Waals surface area contributed by atoms with Gasteiger partial charge < -0.3 is 9.15 Å². The number of hydrogen-bond donors (Lipinski definition) is 2. The Hall–Kier alpha value is -1.64. The van der Waals surface area contributed by atoms with Gasteiger partial charge in [0.1, 0.15) is 11.3 Å². The van der Waals surface area contributed by atoms with E-state index in [0.717, 1.165) is 0 Å². The number of aryl methyl sites for hydroxylation is 1. The smallest absolute Gasteiger partial charge is 0.340 e. The van der Waals surface area contributed by atoms with Gasteiger partial charge >= 0.3 is 5.63 Å². The third-order valence-electron chi connectivity index (χ3n) is 4.83. The zero-order chi connectivity index (χ0) is 22.9. The summed E-state index contributed by atoms with van der Waals surface area (Å²) in [6.07, 6.45) is 1.55. The number of halogens is 1. The van der Waals surface area contributed by atoms with E-state index < -0.39 is 21.7 Å². The molecule has 4 rings (SSSR count). The molecule has 2 aromatic heterocycles. The summed E-state index contributed by atoms with van der Waals surface area (Å²) in [5.41, 5.74) is 0.572. The quantitative estimate of drug-likeness (QED) is 0.288. The molecule has 8 nitrogen and oxygen atoms in total.